The Morgan fingerprint density at radius 3 is 3.06 bits per heavy atom. The number of aliphatic hydroxyl groups excluding tert-OH is 1. The van der Waals surface area contributed by atoms with Crippen LogP contribution in [-0.4, -0.2) is 22.7 Å². The van der Waals surface area contributed by atoms with Crippen molar-refractivity contribution in [2.75, 3.05) is 6.61 Å². The fraction of sp³-hybridized carbons (Fsp3) is 0.571. The molecule has 4 heteroatoms. The zero-order chi connectivity index (χ0) is 12.8. The largest absolute Gasteiger partial charge is 0.396 e. The van der Waals surface area contributed by atoms with E-state index in [0.29, 0.717) is 24.2 Å². The zero-order valence-corrected chi connectivity index (χ0v) is 10.5. The molecular formula is C14H19N3O. The molecule has 0 aliphatic heterocycles. The third kappa shape index (κ3) is 3.06. The Labute approximate surface area is 108 Å². The molecule has 0 aromatic carbocycles. The molecule has 1 aromatic rings. The van der Waals surface area contributed by atoms with Gasteiger partial charge >= 0.3 is 0 Å². The number of rotatable bonds is 4. The summed E-state index contributed by atoms with van der Waals surface area (Å²) in [6, 6.07) is 6.24. The molecule has 2 N–H and O–H groups in total. The minimum absolute atomic E-state index is 0.246. The SMILES string of the molecule is N#Cc1ncccc1CNC1CCCCC1CO. The topological polar surface area (TPSA) is 68.9 Å². The Morgan fingerprint density at radius 1 is 1.44 bits per heavy atom. The second-order valence-corrected chi connectivity index (χ2v) is 4.84. The molecule has 0 bridgehead atoms. The summed E-state index contributed by atoms with van der Waals surface area (Å²) in [6.45, 7) is 0.897. The van der Waals surface area contributed by atoms with Gasteiger partial charge in [0.05, 0.1) is 0 Å². The smallest absolute Gasteiger partial charge is 0.144 e. The van der Waals surface area contributed by atoms with E-state index in [9.17, 15) is 5.11 Å². The summed E-state index contributed by atoms with van der Waals surface area (Å²) in [5, 5.41) is 21.8. The van der Waals surface area contributed by atoms with Crippen molar-refractivity contribution >= 4 is 0 Å². The fourth-order valence-corrected chi connectivity index (χ4v) is 2.62. The molecule has 1 aliphatic rings. The maximum absolute atomic E-state index is 9.35. The Bertz CT molecular complexity index is 427. The molecule has 96 valence electrons. The Morgan fingerprint density at radius 2 is 2.28 bits per heavy atom. The summed E-state index contributed by atoms with van der Waals surface area (Å²) < 4.78 is 0. The van der Waals surface area contributed by atoms with Crippen molar-refractivity contribution in [1.29, 1.82) is 5.26 Å². The van der Waals surface area contributed by atoms with Crippen LogP contribution >= 0.6 is 0 Å². The van der Waals surface area contributed by atoms with E-state index in [1.807, 2.05) is 12.1 Å². The highest BCUT2D eigenvalue weighted by Gasteiger charge is 2.23. The average Bonchev–Trinajstić information content (AvgIpc) is 2.45. The first-order chi connectivity index (χ1) is 8.85. The molecule has 4 nitrogen and oxygen atoms in total. The molecule has 1 fully saturated rings. The summed E-state index contributed by atoms with van der Waals surface area (Å²) in [4.78, 5) is 4.05. The summed E-state index contributed by atoms with van der Waals surface area (Å²) in [6.07, 6.45) is 6.25. The number of nitrogens with one attached hydrogen (secondary N) is 1. The van der Waals surface area contributed by atoms with Crippen LogP contribution < -0.4 is 5.32 Å². The molecule has 1 heterocycles. The third-order valence-corrected chi connectivity index (χ3v) is 3.70. The minimum Gasteiger partial charge on any atom is -0.396 e. The van der Waals surface area contributed by atoms with Crippen molar-refractivity contribution in [1.82, 2.24) is 10.3 Å². The normalized spacial score (nSPS) is 23.6. The zero-order valence-electron chi connectivity index (χ0n) is 10.5. The van der Waals surface area contributed by atoms with Gasteiger partial charge in [-0.25, -0.2) is 4.98 Å². The summed E-state index contributed by atoms with van der Waals surface area (Å²) in [5.41, 5.74) is 1.42. The van der Waals surface area contributed by atoms with Crippen LogP contribution in [0.25, 0.3) is 0 Å². The van der Waals surface area contributed by atoms with Crippen molar-refractivity contribution in [3.63, 3.8) is 0 Å². The number of hydrogen-bond donors (Lipinski definition) is 2. The summed E-state index contributed by atoms with van der Waals surface area (Å²) in [5.74, 6) is 0.348. The van der Waals surface area contributed by atoms with Crippen molar-refractivity contribution < 1.29 is 5.11 Å². The lowest BCUT2D eigenvalue weighted by Gasteiger charge is -2.31. The van der Waals surface area contributed by atoms with Crippen LogP contribution in [0, 0.1) is 17.2 Å². The molecule has 0 amide bonds. The monoisotopic (exact) mass is 245 g/mol. The van der Waals surface area contributed by atoms with E-state index in [-0.39, 0.29) is 6.61 Å². The van der Waals surface area contributed by atoms with Gasteiger partial charge < -0.3 is 10.4 Å². The van der Waals surface area contributed by atoms with E-state index in [2.05, 4.69) is 16.4 Å². The first-order valence-electron chi connectivity index (χ1n) is 6.53. The van der Waals surface area contributed by atoms with Gasteiger partial charge in [-0.05, 0) is 24.8 Å². The first kappa shape index (κ1) is 13.0. The number of aromatic nitrogens is 1. The van der Waals surface area contributed by atoms with Crippen LogP contribution in [0.3, 0.4) is 0 Å². The van der Waals surface area contributed by atoms with Crippen LogP contribution in [0.4, 0.5) is 0 Å². The van der Waals surface area contributed by atoms with Crippen LogP contribution in [0.2, 0.25) is 0 Å². The number of nitrogens with zero attached hydrogens (tertiary/aromatic N) is 2. The van der Waals surface area contributed by atoms with Gasteiger partial charge in [0.25, 0.3) is 0 Å². The number of hydrogen-bond acceptors (Lipinski definition) is 4. The Kier molecular flexibility index (Phi) is 4.68. The van der Waals surface area contributed by atoms with Crippen LogP contribution in [0.1, 0.15) is 36.9 Å². The van der Waals surface area contributed by atoms with Gasteiger partial charge in [-0.1, -0.05) is 18.9 Å². The van der Waals surface area contributed by atoms with E-state index < -0.39 is 0 Å². The highest BCUT2D eigenvalue weighted by molar-refractivity contribution is 5.30. The minimum atomic E-state index is 0.246. The molecule has 1 saturated carbocycles. The third-order valence-electron chi connectivity index (χ3n) is 3.70. The van der Waals surface area contributed by atoms with Gasteiger partial charge in [-0.15, -0.1) is 0 Å². The van der Waals surface area contributed by atoms with Gasteiger partial charge in [0.2, 0.25) is 0 Å². The van der Waals surface area contributed by atoms with Gasteiger partial charge in [0, 0.05) is 31.0 Å². The predicted octanol–water partition coefficient (Wildman–Crippen LogP) is 1.59. The highest BCUT2D eigenvalue weighted by Crippen LogP contribution is 2.24. The number of aliphatic hydroxyl groups is 1. The summed E-state index contributed by atoms with van der Waals surface area (Å²) in [7, 11) is 0. The van der Waals surface area contributed by atoms with Crippen molar-refractivity contribution in [2.24, 2.45) is 5.92 Å². The summed E-state index contributed by atoms with van der Waals surface area (Å²) >= 11 is 0. The standard InChI is InChI=1S/C14H19N3O/c15-8-14-11(5-3-7-16-14)9-17-13-6-2-1-4-12(13)10-18/h3,5,7,12-13,17-18H,1-2,4,6,9-10H2. The fourth-order valence-electron chi connectivity index (χ4n) is 2.62. The molecule has 2 atom stereocenters. The van der Waals surface area contributed by atoms with Crippen LogP contribution in [0.5, 0.6) is 0 Å². The Balaban J connectivity index is 1.96. The second-order valence-electron chi connectivity index (χ2n) is 4.84. The van der Waals surface area contributed by atoms with Crippen molar-refractivity contribution in [3.05, 3.63) is 29.6 Å². The van der Waals surface area contributed by atoms with E-state index in [1.165, 1.54) is 12.8 Å². The maximum Gasteiger partial charge on any atom is 0.144 e. The lowest BCUT2D eigenvalue weighted by Crippen LogP contribution is -2.39. The van der Waals surface area contributed by atoms with Gasteiger partial charge in [0.1, 0.15) is 11.8 Å². The molecule has 2 unspecified atom stereocenters. The van der Waals surface area contributed by atoms with Gasteiger partial charge in [-0.3, -0.25) is 0 Å². The first-order valence-corrected chi connectivity index (χ1v) is 6.53. The van der Waals surface area contributed by atoms with E-state index in [4.69, 9.17) is 5.26 Å². The van der Waals surface area contributed by atoms with Crippen molar-refractivity contribution in [2.45, 2.75) is 38.3 Å². The molecule has 18 heavy (non-hydrogen) atoms. The molecule has 2 rings (SSSR count). The van der Waals surface area contributed by atoms with Gasteiger partial charge in [0.15, 0.2) is 0 Å². The second kappa shape index (κ2) is 6.48. The quantitative estimate of drug-likeness (QED) is 0.845. The van der Waals surface area contributed by atoms with E-state index in [0.717, 1.165) is 18.4 Å². The molecule has 0 saturated heterocycles. The highest BCUT2D eigenvalue weighted by atomic mass is 16.3. The molecule has 0 spiro atoms. The maximum atomic E-state index is 9.35. The number of nitriles is 1. The predicted molar refractivity (Wildman–Crippen MR) is 68.6 cm³/mol. The molecule has 1 aromatic heterocycles. The lowest BCUT2D eigenvalue weighted by atomic mass is 9.85. The molecular weight excluding hydrogens is 226 g/mol. The molecule has 0 radical (unpaired) electrons. The van der Waals surface area contributed by atoms with Gasteiger partial charge in [-0.2, -0.15) is 5.26 Å². The lowest BCUT2D eigenvalue weighted by molar-refractivity contribution is 0.152. The average molecular weight is 245 g/mol. The number of pyridine rings is 1. The molecule has 1 aliphatic carbocycles. The van der Waals surface area contributed by atoms with Crippen LogP contribution in [0.15, 0.2) is 18.3 Å². The Hall–Kier alpha value is -1.44. The van der Waals surface area contributed by atoms with Crippen LogP contribution in [-0.2, 0) is 6.54 Å². The van der Waals surface area contributed by atoms with E-state index >= 15 is 0 Å². The van der Waals surface area contributed by atoms with Crippen molar-refractivity contribution in [3.8, 4) is 6.07 Å². The van der Waals surface area contributed by atoms with E-state index in [1.54, 1.807) is 6.20 Å².